The molecule has 5 heteroatoms. The van der Waals surface area contributed by atoms with Crippen molar-refractivity contribution in [1.82, 2.24) is 0 Å². The Balaban J connectivity index is 1.51. The molecule has 4 rings (SSSR count). The molecule has 0 spiro atoms. The Kier molecular flexibility index (Phi) is 4.55. The first-order valence-electron chi connectivity index (χ1n) is 9.76. The quantitative estimate of drug-likeness (QED) is 0.445. The third-order valence-corrected chi connectivity index (χ3v) is 6.25. The summed E-state index contributed by atoms with van der Waals surface area (Å²) < 4.78 is 5.29. The number of ether oxygens (including phenoxy) is 1. The number of esters is 1. The number of nitrogens with zero attached hydrogens (tertiary/aromatic N) is 1. The number of amides is 2. The average Bonchev–Trinajstić information content (AvgIpc) is 3.32. The van der Waals surface area contributed by atoms with Crippen molar-refractivity contribution in [1.29, 1.82) is 0 Å². The SMILES string of the molecule is CCCCCOC(=O)c1cccc(N2C(=O)[C@H]3[C@@H]4CC[C@@H](C4)[C@@H]3C2=O)c1. The third kappa shape index (κ3) is 2.74. The molecule has 1 heterocycles. The molecular formula is C21H25NO4. The number of imide groups is 1. The lowest BCUT2D eigenvalue weighted by Gasteiger charge is -2.19. The summed E-state index contributed by atoms with van der Waals surface area (Å²) in [4.78, 5) is 39.4. The first-order valence-corrected chi connectivity index (χ1v) is 9.76. The van der Waals surface area contributed by atoms with Crippen LogP contribution in [0.4, 0.5) is 5.69 Å². The summed E-state index contributed by atoms with van der Waals surface area (Å²) in [5.41, 5.74) is 0.886. The van der Waals surface area contributed by atoms with E-state index in [0.717, 1.165) is 38.5 Å². The van der Waals surface area contributed by atoms with Gasteiger partial charge in [-0.25, -0.2) is 4.79 Å². The van der Waals surface area contributed by atoms with Gasteiger partial charge in [-0.2, -0.15) is 0 Å². The standard InChI is InChI=1S/C21H25NO4/c1-2-3-4-10-26-21(25)15-6-5-7-16(12-15)22-19(23)17-13-8-9-14(11-13)18(17)20(22)24/h5-7,12-14,17-18H,2-4,8-11H2,1H3/t13-,14+,17-,18-/m0/s1. The maximum absolute atomic E-state index is 12.9. The molecule has 5 nitrogen and oxygen atoms in total. The molecule has 3 fully saturated rings. The maximum atomic E-state index is 12.9. The van der Waals surface area contributed by atoms with Gasteiger partial charge in [0.25, 0.3) is 0 Å². The fourth-order valence-corrected chi connectivity index (χ4v) is 5.04. The number of hydrogen-bond donors (Lipinski definition) is 0. The van der Waals surface area contributed by atoms with Crippen LogP contribution in [-0.4, -0.2) is 24.4 Å². The minimum Gasteiger partial charge on any atom is -0.462 e. The molecule has 1 aromatic rings. The molecule has 2 amide bonds. The molecule has 2 saturated carbocycles. The number of anilines is 1. The van der Waals surface area contributed by atoms with E-state index in [0.29, 0.717) is 29.7 Å². The van der Waals surface area contributed by atoms with Crippen molar-refractivity contribution in [3.8, 4) is 0 Å². The van der Waals surface area contributed by atoms with Crippen LogP contribution in [-0.2, 0) is 14.3 Å². The molecule has 26 heavy (non-hydrogen) atoms. The Morgan fingerprint density at radius 3 is 2.46 bits per heavy atom. The molecule has 0 radical (unpaired) electrons. The molecule has 0 aromatic heterocycles. The molecule has 2 aliphatic carbocycles. The topological polar surface area (TPSA) is 63.7 Å². The Hall–Kier alpha value is -2.17. The molecule has 0 N–H and O–H groups in total. The number of rotatable bonds is 6. The lowest BCUT2D eigenvalue weighted by molar-refractivity contribution is -0.123. The highest BCUT2D eigenvalue weighted by Crippen LogP contribution is 2.56. The van der Waals surface area contributed by atoms with Crippen LogP contribution in [0.15, 0.2) is 24.3 Å². The Labute approximate surface area is 153 Å². The maximum Gasteiger partial charge on any atom is 0.338 e. The predicted octanol–water partition coefficient (Wildman–Crippen LogP) is 3.57. The fraction of sp³-hybridized carbons (Fsp3) is 0.571. The number of benzene rings is 1. The Bertz CT molecular complexity index is 715. The second-order valence-corrected chi connectivity index (χ2v) is 7.79. The van der Waals surface area contributed by atoms with Crippen molar-refractivity contribution in [3.05, 3.63) is 29.8 Å². The molecule has 138 valence electrons. The van der Waals surface area contributed by atoms with Crippen molar-refractivity contribution in [2.75, 3.05) is 11.5 Å². The number of hydrogen-bond acceptors (Lipinski definition) is 4. The van der Waals surface area contributed by atoms with Crippen molar-refractivity contribution >= 4 is 23.5 Å². The minimum absolute atomic E-state index is 0.0827. The first kappa shape index (κ1) is 17.3. The minimum atomic E-state index is -0.401. The van der Waals surface area contributed by atoms with E-state index in [4.69, 9.17) is 4.74 Å². The van der Waals surface area contributed by atoms with Gasteiger partial charge in [-0.05, 0) is 55.7 Å². The highest BCUT2D eigenvalue weighted by Gasteiger charge is 2.61. The summed E-state index contributed by atoms with van der Waals surface area (Å²) in [6, 6.07) is 6.72. The summed E-state index contributed by atoms with van der Waals surface area (Å²) in [6.07, 6.45) is 6.07. The molecule has 0 unspecified atom stereocenters. The molecule has 2 bridgehead atoms. The van der Waals surface area contributed by atoms with Gasteiger partial charge in [0.1, 0.15) is 0 Å². The van der Waals surface area contributed by atoms with E-state index < -0.39 is 5.97 Å². The van der Waals surface area contributed by atoms with Crippen LogP contribution in [0.25, 0.3) is 0 Å². The molecule has 1 saturated heterocycles. The van der Waals surface area contributed by atoms with Crippen molar-refractivity contribution in [3.63, 3.8) is 0 Å². The number of fused-ring (bicyclic) bond motifs is 5. The van der Waals surface area contributed by atoms with Gasteiger partial charge < -0.3 is 4.74 Å². The second kappa shape index (κ2) is 6.86. The van der Waals surface area contributed by atoms with Gasteiger partial charge in [-0.15, -0.1) is 0 Å². The van der Waals surface area contributed by atoms with Gasteiger partial charge in [-0.3, -0.25) is 14.5 Å². The summed E-state index contributed by atoms with van der Waals surface area (Å²) in [5, 5.41) is 0. The summed E-state index contributed by atoms with van der Waals surface area (Å²) >= 11 is 0. The van der Waals surface area contributed by atoms with Crippen LogP contribution in [0.1, 0.15) is 55.8 Å². The lowest BCUT2D eigenvalue weighted by atomic mass is 9.81. The molecular weight excluding hydrogens is 330 g/mol. The predicted molar refractivity (Wildman–Crippen MR) is 96.6 cm³/mol. The second-order valence-electron chi connectivity index (χ2n) is 7.79. The summed E-state index contributed by atoms with van der Waals surface area (Å²) in [6.45, 7) is 2.49. The van der Waals surface area contributed by atoms with E-state index in [1.807, 2.05) is 0 Å². The fourth-order valence-electron chi connectivity index (χ4n) is 5.04. The zero-order chi connectivity index (χ0) is 18.3. The highest BCUT2D eigenvalue weighted by molar-refractivity contribution is 6.22. The van der Waals surface area contributed by atoms with Crippen LogP contribution >= 0.6 is 0 Å². The monoisotopic (exact) mass is 355 g/mol. The van der Waals surface area contributed by atoms with E-state index >= 15 is 0 Å². The summed E-state index contributed by atoms with van der Waals surface area (Å²) in [7, 11) is 0. The van der Waals surface area contributed by atoms with E-state index in [1.54, 1.807) is 24.3 Å². The number of unbranched alkanes of at least 4 members (excludes halogenated alkanes) is 2. The number of carbonyl (C=O) groups is 3. The van der Waals surface area contributed by atoms with Crippen LogP contribution in [0, 0.1) is 23.7 Å². The lowest BCUT2D eigenvalue weighted by Crippen LogP contribution is -2.32. The van der Waals surface area contributed by atoms with Crippen LogP contribution in [0.5, 0.6) is 0 Å². The van der Waals surface area contributed by atoms with Gasteiger partial charge in [0.15, 0.2) is 0 Å². The molecule has 1 aliphatic heterocycles. The highest BCUT2D eigenvalue weighted by atomic mass is 16.5. The van der Waals surface area contributed by atoms with Crippen molar-refractivity contribution < 1.29 is 19.1 Å². The zero-order valence-electron chi connectivity index (χ0n) is 15.1. The van der Waals surface area contributed by atoms with Crippen LogP contribution < -0.4 is 4.90 Å². The normalized spacial score (nSPS) is 29.3. The number of carbonyl (C=O) groups excluding carboxylic acids is 3. The largest absolute Gasteiger partial charge is 0.462 e. The first-order chi connectivity index (χ1) is 12.6. The van der Waals surface area contributed by atoms with Gasteiger partial charge in [0.2, 0.25) is 11.8 Å². The third-order valence-electron chi connectivity index (χ3n) is 6.25. The van der Waals surface area contributed by atoms with Gasteiger partial charge in [-0.1, -0.05) is 25.8 Å². The van der Waals surface area contributed by atoms with E-state index in [9.17, 15) is 14.4 Å². The van der Waals surface area contributed by atoms with E-state index in [2.05, 4.69) is 6.92 Å². The van der Waals surface area contributed by atoms with Crippen LogP contribution in [0.3, 0.4) is 0 Å². The Morgan fingerprint density at radius 2 is 1.81 bits per heavy atom. The molecule has 1 aromatic carbocycles. The van der Waals surface area contributed by atoms with E-state index in [1.165, 1.54) is 4.90 Å². The molecule has 4 atom stereocenters. The van der Waals surface area contributed by atoms with Gasteiger partial charge in [0.05, 0.1) is 29.7 Å². The van der Waals surface area contributed by atoms with E-state index in [-0.39, 0.29) is 23.7 Å². The van der Waals surface area contributed by atoms with Gasteiger partial charge in [0, 0.05) is 0 Å². The average molecular weight is 355 g/mol. The van der Waals surface area contributed by atoms with Gasteiger partial charge >= 0.3 is 5.97 Å². The zero-order valence-corrected chi connectivity index (χ0v) is 15.1. The summed E-state index contributed by atoms with van der Waals surface area (Å²) in [5.74, 6) is -0.142. The van der Waals surface area contributed by atoms with Crippen molar-refractivity contribution in [2.24, 2.45) is 23.7 Å². The van der Waals surface area contributed by atoms with Crippen molar-refractivity contribution in [2.45, 2.75) is 45.4 Å². The van der Waals surface area contributed by atoms with Crippen LogP contribution in [0.2, 0.25) is 0 Å². The smallest absolute Gasteiger partial charge is 0.338 e. The Morgan fingerprint density at radius 1 is 1.12 bits per heavy atom. The molecule has 3 aliphatic rings.